The monoisotopic (exact) mass is 495 g/mol. The van der Waals surface area contributed by atoms with Crippen molar-refractivity contribution in [3.63, 3.8) is 0 Å². The van der Waals surface area contributed by atoms with Crippen molar-refractivity contribution in [3.05, 3.63) is 11.6 Å². The Hall–Kier alpha value is -1.89. The van der Waals surface area contributed by atoms with E-state index in [9.17, 15) is 14.4 Å². The molecule has 0 radical (unpaired) electrons. The number of hydrogen-bond acceptors (Lipinski definition) is 5. The highest BCUT2D eigenvalue weighted by atomic mass is 16.5. The largest absolute Gasteiger partial charge is 0.463 e. The second-order valence-corrected chi connectivity index (χ2v) is 9.77. The van der Waals surface area contributed by atoms with Gasteiger partial charge in [-0.25, -0.2) is 4.79 Å². The van der Waals surface area contributed by atoms with Gasteiger partial charge in [0.25, 0.3) is 0 Å². The van der Waals surface area contributed by atoms with Crippen molar-refractivity contribution in [2.24, 2.45) is 5.92 Å². The van der Waals surface area contributed by atoms with Gasteiger partial charge in [-0.05, 0) is 58.8 Å². The van der Waals surface area contributed by atoms with E-state index in [0.29, 0.717) is 31.6 Å². The second-order valence-electron chi connectivity index (χ2n) is 9.77. The predicted molar refractivity (Wildman–Crippen MR) is 144 cm³/mol. The number of likely N-dealkylation sites (N-methyl/N-ethyl adjacent to an activating group) is 1. The molecule has 2 N–H and O–H groups in total. The van der Waals surface area contributed by atoms with E-state index in [0.717, 1.165) is 32.1 Å². The number of nitrogens with zero attached hydrogens (tertiary/aromatic N) is 1. The molecule has 1 aliphatic carbocycles. The van der Waals surface area contributed by atoms with Crippen molar-refractivity contribution in [2.75, 3.05) is 20.2 Å². The Morgan fingerprint density at radius 2 is 1.60 bits per heavy atom. The fourth-order valence-electron chi connectivity index (χ4n) is 4.30. The summed E-state index contributed by atoms with van der Waals surface area (Å²) in [6.45, 7) is 16.5. The van der Waals surface area contributed by atoms with Crippen molar-refractivity contribution in [1.29, 1.82) is 0 Å². The fourth-order valence-corrected chi connectivity index (χ4v) is 4.30. The Balaban J connectivity index is 0.00000365. The first-order valence-corrected chi connectivity index (χ1v) is 13.7. The number of carbonyl (C=O) groups excluding carboxylic acids is 3. The molecule has 7 heteroatoms. The highest BCUT2D eigenvalue weighted by Gasteiger charge is 2.40. The summed E-state index contributed by atoms with van der Waals surface area (Å²) in [5, 5.41) is 6.65. The molecule has 2 atom stereocenters. The molecule has 0 aromatic carbocycles. The molecule has 0 aromatic heterocycles. The lowest BCUT2D eigenvalue weighted by molar-refractivity contribution is -0.139. The number of carbonyl (C=O) groups is 3. The molecule has 35 heavy (non-hydrogen) atoms. The molecule has 0 aliphatic heterocycles. The number of nitrogens with one attached hydrogen (secondary N) is 2. The summed E-state index contributed by atoms with van der Waals surface area (Å²) in [5.41, 5.74) is -0.215. The molecule has 0 bridgehead atoms. The van der Waals surface area contributed by atoms with Crippen molar-refractivity contribution >= 4 is 17.8 Å². The van der Waals surface area contributed by atoms with E-state index in [2.05, 4.69) is 38.3 Å². The summed E-state index contributed by atoms with van der Waals surface area (Å²) in [6, 6.07) is -0.345. The fraction of sp³-hybridized carbons (Fsp3) is 0.821. The minimum Gasteiger partial charge on any atom is -0.463 e. The average molecular weight is 496 g/mol. The molecule has 1 fully saturated rings. The van der Waals surface area contributed by atoms with Crippen molar-refractivity contribution < 1.29 is 19.1 Å². The van der Waals surface area contributed by atoms with Crippen LogP contribution in [0.2, 0.25) is 0 Å². The SMILES string of the molecule is CCC.CCOC(=O)/C(C)=C/CN(C)C(=O)C(NC(=O)C(CC)(CC)NC(C)CC)C1CCCC1. The lowest BCUT2D eigenvalue weighted by Gasteiger charge is -2.37. The lowest BCUT2D eigenvalue weighted by atomic mass is 9.88. The Labute approximate surface area is 214 Å². The third kappa shape index (κ3) is 10.7. The zero-order chi connectivity index (χ0) is 27.0. The number of ether oxygens (including phenoxy) is 1. The van der Waals surface area contributed by atoms with E-state index in [-0.39, 0.29) is 29.7 Å². The minimum absolute atomic E-state index is 0.0975. The number of amides is 2. The lowest BCUT2D eigenvalue weighted by Crippen LogP contribution is -2.63. The minimum atomic E-state index is -0.689. The first kappa shape index (κ1) is 33.1. The maximum Gasteiger partial charge on any atom is 0.333 e. The average Bonchev–Trinajstić information content (AvgIpc) is 3.38. The highest BCUT2D eigenvalue weighted by Crippen LogP contribution is 2.29. The maximum absolute atomic E-state index is 13.5. The van der Waals surface area contributed by atoms with Crippen LogP contribution in [-0.2, 0) is 19.1 Å². The molecule has 1 saturated carbocycles. The van der Waals surface area contributed by atoms with Crippen LogP contribution in [0.3, 0.4) is 0 Å². The van der Waals surface area contributed by atoms with Crippen LogP contribution in [0.1, 0.15) is 107 Å². The molecule has 0 heterocycles. The van der Waals surface area contributed by atoms with Crippen LogP contribution in [-0.4, -0.2) is 60.5 Å². The summed E-state index contributed by atoms with van der Waals surface area (Å²) >= 11 is 0. The molecule has 2 unspecified atom stereocenters. The van der Waals surface area contributed by atoms with E-state index < -0.39 is 11.6 Å². The Kier molecular flexibility index (Phi) is 16.6. The van der Waals surface area contributed by atoms with Gasteiger partial charge in [0.1, 0.15) is 6.04 Å². The zero-order valence-corrected chi connectivity index (χ0v) is 24.0. The van der Waals surface area contributed by atoms with E-state index >= 15 is 0 Å². The zero-order valence-electron chi connectivity index (χ0n) is 24.0. The number of rotatable bonds is 13. The molecule has 2 amide bonds. The van der Waals surface area contributed by atoms with E-state index in [1.165, 1.54) is 6.42 Å². The van der Waals surface area contributed by atoms with Gasteiger partial charge in [0.2, 0.25) is 11.8 Å². The van der Waals surface area contributed by atoms with Crippen LogP contribution in [0.25, 0.3) is 0 Å². The molecule has 204 valence electrons. The quantitative estimate of drug-likeness (QED) is 0.278. The Morgan fingerprint density at radius 1 is 1.06 bits per heavy atom. The molecule has 1 aliphatic rings. The molecule has 0 spiro atoms. The molecular formula is C28H53N3O4. The summed E-state index contributed by atoms with van der Waals surface area (Å²) in [4.78, 5) is 40.3. The predicted octanol–water partition coefficient (Wildman–Crippen LogP) is 4.99. The van der Waals surface area contributed by atoms with E-state index in [4.69, 9.17) is 4.74 Å². The van der Waals surface area contributed by atoms with Crippen LogP contribution >= 0.6 is 0 Å². The van der Waals surface area contributed by atoms with Gasteiger partial charge >= 0.3 is 5.97 Å². The van der Waals surface area contributed by atoms with Crippen molar-refractivity contribution in [3.8, 4) is 0 Å². The molecule has 1 rings (SSSR count). The van der Waals surface area contributed by atoms with Crippen molar-refractivity contribution in [2.45, 2.75) is 124 Å². The van der Waals surface area contributed by atoms with Gasteiger partial charge in [-0.2, -0.15) is 0 Å². The third-order valence-corrected chi connectivity index (χ3v) is 6.85. The van der Waals surface area contributed by atoms with Gasteiger partial charge in [-0.1, -0.05) is 60.0 Å². The normalized spacial score (nSPS) is 16.1. The van der Waals surface area contributed by atoms with Gasteiger partial charge in [-0.15, -0.1) is 0 Å². The first-order valence-electron chi connectivity index (χ1n) is 13.7. The second kappa shape index (κ2) is 17.5. The van der Waals surface area contributed by atoms with Crippen LogP contribution in [0.15, 0.2) is 11.6 Å². The third-order valence-electron chi connectivity index (χ3n) is 6.85. The smallest absolute Gasteiger partial charge is 0.333 e. The van der Waals surface area contributed by atoms with Crippen molar-refractivity contribution in [1.82, 2.24) is 15.5 Å². The Morgan fingerprint density at radius 3 is 2.06 bits per heavy atom. The van der Waals surface area contributed by atoms with Gasteiger partial charge in [0.15, 0.2) is 0 Å². The van der Waals surface area contributed by atoms with Gasteiger partial charge in [-0.3, -0.25) is 9.59 Å². The van der Waals surface area contributed by atoms with E-state index in [1.807, 2.05) is 13.8 Å². The highest BCUT2D eigenvalue weighted by molar-refractivity contribution is 5.92. The first-order chi connectivity index (χ1) is 16.6. The molecule has 7 nitrogen and oxygen atoms in total. The maximum atomic E-state index is 13.5. The van der Waals surface area contributed by atoms with Gasteiger partial charge in [0.05, 0.1) is 12.1 Å². The molecule has 0 saturated heterocycles. The van der Waals surface area contributed by atoms with Gasteiger partial charge in [0, 0.05) is 25.2 Å². The Bertz CT molecular complexity index is 667. The standard InChI is InChI=1S/C25H45N3O4.C3H8/c1-8-19(6)27-25(9-2,10-3)24(31)26-21(20-14-12-13-15-20)22(29)28(7)17-16-18(5)23(30)32-11-4;1-3-2/h16,19-21,27H,8-15,17H2,1-7H3,(H,26,31);3H2,1-2H3/b18-16+;. The summed E-state index contributed by atoms with van der Waals surface area (Å²) in [6.07, 6.45) is 9.22. The number of esters is 1. The van der Waals surface area contributed by atoms with Crippen LogP contribution in [0, 0.1) is 5.92 Å². The van der Waals surface area contributed by atoms with Crippen LogP contribution in [0.5, 0.6) is 0 Å². The topological polar surface area (TPSA) is 87.7 Å². The van der Waals surface area contributed by atoms with Gasteiger partial charge < -0.3 is 20.3 Å². The summed E-state index contributed by atoms with van der Waals surface area (Å²) in [7, 11) is 1.72. The van der Waals surface area contributed by atoms with E-state index in [1.54, 1.807) is 31.9 Å². The van der Waals surface area contributed by atoms with Crippen LogP contribution < -0.4 is 10.6 Å². The summed E-state index contributed by atoms with van der Waals surface area (Å²) in [5.74, 6) is -0.442. The van der Waals surface area contributed by atoms with Crippen LogP contribution in [0.4, 0.5) is 0 Å². The molecule has 0 aromatic rings. The summed E-state index contributed by atoms with van der Waals surface area (Å²) < 4.78 is 5.01. The number of hydrogen-bond donors (Lipinski definition) is 2. The molecular weight excluding hydrogens is 442 g/mol.